The van der Waals surface area contributed by atoms with E-state index in [4.69, 9.17) is 0 Å². The van der Waals surface area contributed by atoms with Gasteiger partial charge < -0.3 is 16.0 Å². The summed E-state index contributed by atoms with van der Waals surface area (Å²) in [7, 11) is 0. The summed E-state index contributed by atoms with van der Waals surface area (Å²) in [5.74, 6) is 1.66. The van der Waals surface area contributed by atoms with Crippen LogP contribution < -0.4 is 16.0 Å². The van der Waals surface area contributed by atoms with Gasteiger partial charge in [-0.1, -0.05) is 0 Å². The summed E-state index contributed by atoms with van der Waals surface area (Å²) in [6, 6.07) is 6.42. The number of halogens is 1. The van der Waals surface area contributed by atoms with Gasteiger partial charge in [0, 0.05) is 19.2 Å². The second kappa shape index (κ2) is 5.21. The van der Waals surface area contributed by atoms with Crippen LogP contribution in [0.2, 0.25) is 0 Å². The van der Waals surface area contributed by atoms with E-state index in [2.05, 4.69) is 41.8 Å². The molecule has 94 valence electrons. The van der Waals surface area contributed by atoms with Gasteiger partial charge in [-0.15, -0.1) is 11.3 Å². The number of nitrogens with one attached hydrogen (secondary N) is 3. The normalized spacial score (nSPS) is 15.2. The molecule has 0 aromatic carbocycles. The van der Waals surface area contributed by atoms with Crippen LogP contribution in [0.3, 0.4) is 0 Å². The van der Waals surface area contributed by atoms with Gasteiger partial charge in [-0.05, 0) is 28.1 Å². The molecule has 7 heteroatoms. The van der Waals surface area contributed by atoms with Crippen LogP contribution in [-0.2, 0) is 0 Å². The lowest BCUT2D eigenvalue weighted by Crippen LogP contribution is -2.51. The van der Waals surface area contributed by atoms with Crippen LogP contribution in [0.15, 0.2) is 28.3 Å². The van der Waals surface area contributed by atoms with Crippen molar-refractivity contribution in [2.45, 2.75) is 6.04 Å². The summed E-state index contributed by atoms with van der Waals surface area (Å²) in [6.07, 6.45) is 1.57. The van der Waals surface area contributed by atoms with Crippen LogP contribution in [0, 0.1) is 0 Å². The van der Waals surface area contributed by atoms with Crippen molar-refractivity contribution in [1.29, 1.82) is 0 Å². The first-order valence-corrected chi connectivity index (χ1v) is 7.22. The molecule has 0 saturated carbocycles. The summed E-state index contributed by atoms with van der Waals surface area (Å²) < 4.78 is 1.10. The van der Waals surface area contributed by atoms with Crippen molar-refractivity contribution < 1.29 is 0 Å². The van der Waals surface area contributed by atoms with Crippen molar-refractivity contribution in [3.63, 3.8) is 0 Å². The average molecular weight is 326 g/mol. The maximum atomic E-state index is 4.21. The number of hydrogen-bond acceptors (Lipinski definition) is 6. The van der Waals surface area contributed by atoms with Gasteiger partial charge >= 0.3 is 0 Å². The summed E-state index contributed by atoms with van der Waals surface area (Å²) in [5, 5.41) is 10.9. The molecule has 0 spiro atoms. The Bertz CT molecular complexity index is 540. The van der Waals surface area contributed by atoms with E-state index < -0.39 is 0 Å². The Morgan fingerprint density at radius 1 is 1.28 bits per heavy atom. The Balaban J connectivity index is 1.69. The van der Waals surface area contributed by atoms with E-state index in [0.29, 0.717) is 6.04 Å². The predicted octanol–water partition coefficient (Wildman–Crippen LogP) is 2.43. The molecule has 2 aromatic heterocycles. The fourth-order valence-corrected chi connectivity index (χ4v) is 2.91. The lowest BCUT2D eigenvalue weighted by Gasteiger charge is -2.28. The van der Waals surface area contributed by atoms with Gasteiger partial charge in [-0.25, -0.2) is 9.97 Å². The van der Waals surface area contributed by atoms with Crippen LogP contribution in [0.25, 0.3) is 0 Å². The van der Waals surface area contributed by atoms with E-state index in [1.165, 1.54) is 0 Å². The first-order valence-electron chi connectivity index (χ1n) is 5.61. The summed E-state index contributed by atoms with van der Waals surface area (Å²) >= 11 is 5.07. The molecular weight excluding hydrogens is 314 g/mol. The Labute approximate surface area is 117 Å². The van der Waals surface area contributed by atoms with E-state index in [1.54, 1.807) is 17.7 Å². The molecule has 0 aliphatic carbocycles. The van der Waals surface area contributed by atoms with Crippen LogP contribution in [0.4, 0.5) is 16.6 Å². The van der Waals surface area contributed by atoms with Crippen LogP contribution in [0.1, 0.15) is 0 Å². The SMILES string of the molecule is Brc1ccc(Nc2cc(NC3CNC3)ncn2)s1. The highest BCUT2D eigenvalue weighted by atomic mass is 79.9. The van der Waals surface area contributed by atoms with Crippen molar-refractivity contribution in [2.24, 2.45) is 0 Å². The minimum atomic E-state index is 0.476. The van der Waals surface area contributed by atoms with Crippen molar-refractivity contribution in [3.05, 3.63) is 28.3 Å². The van der Waals surface area contributed by atoms with Crippen molar-refractivity contribution in [1.82, 2.24) is 15.3 Å². The topological polar surface area (TPSA) is 61.9 Å². The molecule has 3 N–H and O–H groups in total. The largest absolute Gasteiger partial charge is 0.365 e. The smallest absolute Gasteiger partial charge is 0.136 e. The Hall–Kier alpha value is -1.18. The fourth-order valence-electron chi connectivity index (χ4n) is 1.61. The molecule has 1 saturated heterocycles. The maximum absolute atomic E-state index is 4.21. The van der Waals surface area contributed by atoms with Crippen LogP contribution in [0.5, 0.6) is 0 Å². The highest BCUT2D eigenvalue weighted by molar-refractivity contribution is 9.11. The second-order valence-electron chi connectivity index (χ2n) is 4.02. The lowest BCUT2D eigenvalue weighted by molar-refractivity contribution is 0.471. The van der Waals surface area contributed by atoms with Gasteiger partial charge in [-0.3, -0.25) is 0 Å². The minimum Gasteiger partial charge on any atom is -0.365 e. The third-order valence-corrected chi connectivity index (χ3v) is 4.16. The number of rotatable bonds is 4. The lowest BCUT2D eigenvalue weighted by atomic mass is 10.2. The molecule has 3 heterocycles. The van der Waals surface area contributed by atoms with Crippen molar-refractivity contribution in [2.75, 3.05) is 23.7 Å². The van der Waals surface area contributed by atoms with Crippen LogP contribution >= 0.6 is 27.3 Å². The Kier molecular flexibility index (Phi) is 3.44. The van der Waals surface area contributed by atoms with E-state index >= 15 is 0 Å². The quantitative estimate of drug-likeness (QED) is 0.805. The molecule has 0 radical (unpaired) electrons. The van der Waals surface area contributed by atoms with Gasteiger partial charge in [0.1, 0.15) is 18.0 Å². The first-order chi connectivity index (χ1) is 8.79. The molecule has 1 aliphatic rings. The first kappa shape index (κ1) is 11.9. The minimum absolute atomic E-state index is 0.476. The fraction of sp³-hybridized carbons (Fsp3) is 0.273. The molecule has 2 aromatic rings. The zero-order chi connectivity index (χ0) is 12.4. The van der Waals surface area contributed by atoms with Gasteiger partial charge in [0.2, 0.25) is 0 Å². The Morgan fingerprint density at radius 2 is 2.11 bits per heavy atom. The average Bonchev–Trinajstić information content (AvgIpc) is 2.70. The molecule has 0 bridgehead atoms. The molecule has 0 atom stereocenters. The van der Waals surface area contributed by atoms with Gasteiger partial charge in [0.15, 0.2) is 0 Å². The van der Waals surface area contributed by atoms with E-state index in [-0.39, 0.29) is 0 Å². The van der Waals surface area contributed by atoms with Gasteiger partial charge in [-0.2, -0.15) is 0 Å². The molecule has 3 rings (SSSR count). The molecule has 5 nitrogen and oxygen atoms in total. The summed E-state index contributed by atoms with van der Waals surface area (Å²) in [5.41, 5.74) is 0. The van der Waals surface area contributed by atoms with E-state index in [9.17, 15) is 0 Å². The molecule has 0 amide bonds. The Morgan fingerprint density at radius 3 is 2.78 bits per heavy atom. The summed E-state index contributed by atoms with van der Waals surface area (Å²) in [4.78, 5) is 8.42. The number of aromatic nitrogens is 2. The number of thiophene rings is 1. The molecule has 0 unspecified atom stereocenters. The third kappa shape index (κ3) is 2.80. The summed E-state index contributed by atoms with van der Waals surface area (Å²) in [6.45, 7) is 1.98. The number of nitrogens with zero attached hydrogens (tertiary/aromatic N) is 2. The van der Waals surface area contributed by atoms with Gasteiger partial charge in [0.05, 0.1) is 14.8 Å². The zero-order valence-corrected chi connectivity index (χ0v) is 11.9. The number of hydrogen-bond donors (Lipinski definition) is 3. The maximum Gasteiger partial charge on any atom is 0.136 e. The molecular formula is C11H12BrN5S. The van der Waals surface area contributed by atoms with Crippen LogP contribution in [-0.4, -0.2) is 29.1 Å². The van der Waals surface area contributed by atoms with Crippen molar-refractivity contribution in [3.8, 4) is 0 Å². The zero-order valence-electron chi connectivity index (χ0n) is 9.48. The highest BCUT2D eigenvalue weighted by Crippen LogP contribution is 2.28. The van der Waals surface area contributed by atoms with E-state index in [0.717, 1.165) is 33.5 Å². The van der Waals surface area contributed by atoms with Gasteiger partial charge in [0.25, 0.3) is 0 Å². The third-order valence-electron chi connectivity index (χ3n) is 2.63. The molecule has 18 heavy (non-hydrogen) atoms. The highest BCUT2D eigenvalue weighted by Gasteiger charge is 2.16. The number of anilines is 3. The monoisotopic (exact) mass is 325 g/mol. The van der Waals surface area contributed by atoms with Crippen molar-refractivity contribution >= 4 is 43.9 Å². The molecule has 1 fully saturated rings. The van der Waals surface area contributed by atoms with E-state index in [1.807, 2.05) is 18.2 Å². The second-order valence-corrected chi connectivity index (χ2v) is 6.48. The standard InChI is InChI=1S/C11H12BrN5S/c12-8-1-2-11(18-8)17-10-3-9(14-6-15-10)16-7-4-13-5-7/h1-3,6-7,13H,4-5H2,(H2,14,15,16,17). The predicted molar refractivity (Wildman–Crippen MR) is 77.6 cm³/mol. The molecule has 1 aliphatic heterocycles.